The fraction of sp³-hybridized carbons (Fsp3) is 0.217. The van der Waals surface area contributed by atoms with E-state index < -0.39 is 5.95 Å². The van der Waals surface area contributed by atoms with Gasteiger partial charge in [0.2, 0.25) is 5.95 Å². The number of aromatic nitrogens is 1. The van der Waals surface area contributed by atoms with Crippen LogP contribution in [0.3, 0.4) is 0 Å². The van der Waals surface area contributed by atoms with Gasteiger partial charge in [-0.1, -0.05) is 48.5 Å². The van der Waals surface area contributed by atoms with Crippen LogP contribution < -0.4 is 0 Å². The Morgan fingerprint density at radius 3 is 2.55 bits per heavy atom. The normalized spacial score (nSPS) is 12.6. The summed E-state index contributed by atoms with van der Waals surface area (Å²) in [6.07, 6.45) is 4.55. The molecule has 0 spiro atoms. The van der Waals surface area contributed by atoms with Crippen molar-refractivity contribution in [3.63, 3.8) is 0 Å². The van der Waals surface area contributed by atoms with Gasteiger partial charge in [-0.3, -0.25) is 4.79 Å². The molecule has 0 fully saturated rings. The molecule has 152 valence electrons. The number of halogens is 2. The predicted molar refractivity (Wildman–Crippen MR) is 120 cm³/mol. The number of rotatable bonds is 2. The van der Waals surface area contributed by atoms with E-state index in [-0.39, 0.29) is 0 Å². The Balaban J connectivity index is 0.000000179. The summed E-state index contributed by atoms with van der Waals surface area (Å²) in [5.41, 5.74) is 4.04. The van der Waals surface area contributed by atoms with Gasteiger partial charge in [-0.25, -0.2) is 4.98 Å². The lowest BCUT2D eigenvalue weighted by atomic mass is 10.1. The van der Waals surface area contributed by atoms with E-state index in [9.17, 15) is 4.39 Å². The molecule has 29 heavy (non-hydrogen) atoms. The van der Waals surface area contributed by atoms with Crippen LogP contribution in [0.1, 0.15) is 16.0 Å². The van der Waals surface area contributed by atoms with Crippen molar-refractivity contribution < 1.29 is 9.18 Å². The molecule has 0 saturated heterocycles. The summed E-state index contributed by atoms with van der Waals surface area (Å²) in [5, 5.41) is 0. The van der Waals surface area contributed by atoms with Crippen molar-refractivity contribution in [3.05, 3.63) is 87.6 Å². The van der Waals surface area contributed by atoms with Crippen molar-refractivity contribution in [1.29, 1.82) is 0 Å². The van der Waals surface area contributed by atoms with Crippen LogP contribution in [0.2, 0.25) is 4.34 Å². The van der Waals surface area contributed by atoms with Crippen molar-refractivity contribution in [2.24, 2.45) is 0 Å². The Hall–Kier alpha value is -2.34. The number of fused-ring (bicyclic) bond motifs is 1. The number of hydrogen-bond acceptors (Lipinski definition) is 4. The van der Waals surface area contributed by atoms with E-state index in [0.717, 1.165) is 28.4 Å². The molecule has 0 amide bonds. The highest BCUT2D eigenvalue weighted by molar-refractivity contribution is 7.16. The number of carbonyl (C=O) groups excluding carboxylic acids is 1. The molecule has 3 heterocycles. The van der Waals surface area contributed by atoms with Crippen molar-refractivity contribution in [2.75, 3.05) is 13.6 Å². The summed E-state index contributed by atoms with van der Waals surface area (Å²) in [6.45, 7) is 7.07. The van der Waals surface area contributed by atoms with Gasteiger partial charge in [0.1, 0.15) is 6.29 Å². The maximum atomic E-state index is 12.9. The number of aryl methyl sites for hydroxylation is 1. The van der Waals surface area contributed by atoms with Gasteiger partial charge in [-0.2, -0.15) is 4.39 Å². The molecular weight excluding hydrogens is 407 g/mol. The Bertz CT molecular complexity index is 937. The largest absolute Gasteiger partial charge is 0.301 e. The summed E-state index contributed by atoms with van der Waals surface area (Å²) < 4.78 is 13.8. The van der Waals surface area contributed by atoms with Gasteiger partial charge in [0.05, 0.1) is 4.34 Å². The number of benzene rings is 1. The van der Waals surface area contributed by atoms with E-state index in [1.54, 1.807) is 30.5 Å². The lowest BCUT2D eigenvalue weighted by Gasteiger charge is -2.21. The van der Waals surface area contributed by atoms with E-state index in [0.29, 0.717) is 11.8 Å². The van der Waals surface area contributed by atoms with Crippen LogP contribution in [-0.2, 0) is 17.8 Å². The molecule has 2 aromatic heterocycles. The minimum absolute atomic E-state index is 0.398. The lowest BCUT2D eigenvalue weighted by molar-refractivity contribution is -0.104. The number of carbonyl (C=O) groups is 1. The third-order valence-electron chi connectivity index (χ3n) is 4.26. The Labute approximate surface area is 180 Å². The van der Waals surface area contributed by atoms with Crippen LogP contribution in [0, 0.1) is 12.9 Å². The highest BCUT2D eigenvalue weighted by Gasteiger charge is 2.15. The van der Waals surface area contributed by atoms with Crippen molar-refractivity contribution in [3.8, 4) is 11.1 Å². The molecule has 1 aliphatic rings. The fourth-order valence-electron chi connectivity index (χ4n) is 2.76. The first kappa shape index (κ1) is 22.9. The van der Waals surface area contributed by atoms with Crippen LogP contribution >= 0.6 is 22.9 Å². The second-order valence-electron chi connectivity index (χ2n) is 6.56. The summed E-state index contributed by atoms with van der Waals surface area (Å²) in [5.74, 6) is -0.398. The maximum Gasteiger partial charge on any atom is 0.215 e. The smallest absolute Gasteiger partial charge is 0.215 e. The molecule has 0 N–H and O–H groups in total. The molecule has 3 nitrogen and oxygen atoms in total. The number of aldehydes is 1. The summed E-state index contributed by atoms with van der Waals surface area (Å²) >= 11 is 7.62. The van der Waals surface area contributed by atoms with Crippen LogP contribution in [0.25, 0.3) is 11.1 Å². The SMILES string of the molecule is C=CC=O.CN1CCc2cc(Cl)sc2C1.Cc1cc(-c2ccccc2)cnc1F. The van der Waals surface area contributed by atoms with Gasteiger partial charge in [0, 0.05) is 35.3 Å². The Morgan fingerprint density at radius 1 is 1.24 bits per heavy atom. The van der Waals surface area contributed by atoms with Crippen molar-refractivity contribution in [2.45, 2.75) is 19.9 Å². The number of pyridine rings is 1. The number of hydrogen-bond donors (Lipinski definition) is 0. The van der Waals surface area contributed by atoms with E-state index in [4.69, 9.17) is 16.4 Å². The molecule has 0 bridgehead atoms. The second kappa shape index (κ2) is 11.6. The third-order valence-corrected chi connectivity index (χ3v) is 5.55. The second-order valence-corrected chi connectivity index (χ2v) is 8.32. The van der Waals surface area contributed by atoms with Crippen molar-refractivity contribution in [1.82, 2.24) is 9.88 Å². The molecule has 0 atom stereocenters. The summed E-state index contributed by atoms with van der Waals surface area (Å²) in [6, 6.07) is 13.7. The highest BCUT2D eigenvalue weighted by atomic mass is 35.5. The molecule has 0 saturated carbocycles. The first-order valence-corrected chi connectivity index (χ1v) is 10.3. The zero-order valence-electron chi connectivity index (χ0n) is 16.6. The van der Waals surface area contributed by atoms with Crippen LogP contribution in [0.4, 0.5) is 4.39 Å². The third kappa shape index (κ3) is 7.20. The van der Waals surface area contributed by atoms with Crippen LogP contribution in [-0.4, -0.2) is 29.8 Å². The molecule has 0 unspecified atom stereocenters. The minimum Gasteiger partial charge on any atom is -0.301 e. The standard InChI is InChI=1S/C12H10FN.C8H10ClNS.C3H4O/c1-9-7-11(8-14-12(9)13)10-5-3-2-4-6-10;1-10-3-2-6-4-8(9)11-7(6)5-10;1-2-3-4/h2-8H,1H3;4H,2-3,5H2,1H3;2-3H,1H2. The van der Waals surface area contributed by atoms with Gasteiger partial charge < -0.3 is 4.90 Å². The number of nitrogens with zero attached hydrogens (tertiary/aromatic N) is 2. The molecule has 0 radical (unpaired) electrons. The van der Waals surface area contributed by atoms with Gasteiger partial charge >= 0.3 is 0 Å². The van der Waals surface area contributed by atoms with E-state index >= 15 is 0 Å². The predicted octanol–water partition coefficient (Wildman–Crippen LogP) is 5.96. The quantitative estimate of drug-likeness (QED) is 0.286. The first-order valence-electron chi connectivity index (χ1n) is 9.14. The summed E-state index contributed by atoms with van der Waals surface area (Å²) in [7, 11) is 2.15. The van der Waals surface area contributed by atoms with E-state index in [1.807, 2.05) is 30.3 Å². The van der Waals surface area contributed by atoms with Crippen LogP contribution in [0.5, 0.6) is 0 Å². The molecular formula is C23H24ClFN2OS. The molecule has 4 rings (SSSR count). The average molecular weight is 431 g/mol. The van der Waals surface area contributed by atoms with Gasteiger partial charge in [-0.15, -0.1) is 11.3 Å². The molecule has 1 aromatic carbocycles. The van der Waals surface area contributed by atoms with E-state index in [2.05, 4.69) is 29.6 Å². The molecule has 3 aromatic rings. The number of likely N-dealkylation sites (N-methyl/N-ethyl adjacent to an activating group) is 1. The molecule has 1 aliphatic heterocycles. The first-order chi connectivity index (χ1) is 13.9. The Morgan fingerprint density at radius 2 is 1.93 bits per heavy atom. The highest BCUT2D eigenvalue weighted by Crippen LogP contribution is 2.30. The average Bonchev–Trinajstić information content (AvgIpc) is 3.10. The number of allylic oxidation sites excluding steroid dienone is 1. The number of thiophene rings is 1. The molecule has 0 aliphatic carbocycles. The monoisotopic (exact) mass is 430 g/mol. The van der Waals surface area contributed by atoms with Gasteiger partial charge in [-0.05, 0) is 49.7 Å². The van der Waals surface area contributed by atoms with Crippen molar-refractivity contribution >= 4 is 29.2 Å². The maximum absolute atomic E-state index is 12.9. The van der Waals surface area contributed by atoms with Gasteiger partial charge in [0.15, 0.2) is 0 Å². The lowest BCUT2D eigenvalue weighted by Crippen LogP contribution is -2.24. The Kier molecular flexibility index (Phi) is 9.19. The van der Waals surface area contributed by atoms with E-state index in [1.165, 1.54) is 23.1 Å². The summed E-state index contributed by atoms with van der Waals surface area (Å²) in [4.78, 5) is 16.5. The zero-order chi connectivity index (χ0) is 21.2. The molecule has 6 heteroatoms. The van der Waals surface area contributed by atoms with Crippen LogP contribution in [0.15, 0.2) is 61.3 Å². The zero-order valence-corrected chi connectivity index (χ0v) is 18.1. The fourth-order valence-corrected chi connectivity index (χ4v) is 4.18. The minimum atomic E-state index is -0.398. The topological polar surface area (TPSA) is 33.2 Å². The van der Waals surface area contributed by atoms with Gasteiger partial charge in [0.25, 0.3) is 0 Å².